The predicted octanol–water partition coefficient (Wildman–Crippen LogP) is 3.87. The van der Waals surface area contributed by atoms with E-state index in [1.807, 2.05) is 72.9 Å². The lowest BCUT2D eigenvalue weighted by molar-refractivity contribution is -0.128. The number of benzene rings is 2. The van der Waals surface area contributed by atoms with Gasteiger partial charge in [0.15, 0.2) is 0 Å². The number of rotatable bonds is 3. The highest BCUT2D eigenvalue weighted by Crippen LogP contribution is 2.43. The Labute approximate surface area is 152 Å². The van der Waals surface area contributed by atoms with E-state index in [1.165, 1.54) is 4.90 Å². The summed E-state index contributed by atoms with van der Waals surface area (Å²) in [7, 11) is 1.68. The van der Waals surface area contributed by atoms with Crippen LogP contribution < -0.4 is 0 Å². The maximum Gasteiger partial charge on any atom is 0.243 e. The molecule has 128 valence electrons. The number of nitrogens with one attached hydrogen (secondary N) is 1. The van der Waals surface area contributed by atoms with Crippen molar-refractivity contribution < 1.29 is 4.79 Å². The van der Waals surface area contributed by atoms with E-state index in [0.29, 0.717) is 12.3 Å². The van der Waals surface area contributed by atoms with E-state index >= 15 is 0 Å². The van der Waals surface area contributed by atoms with Crippen molar-refractivity contribution in [2.75, 3.05) is 7.05 Å². The molecule has 0 radical (unpaired) electrons. The van der Waals surface area contributed by atoms with Crippen molar-refractivity contribution in [2.45, 2.75) is 11.8 Å². The quantitative estimate of drug-likeness (QED) is 0.786. The summed E-state index contributed by atoms with van der Waals surface area (Å²) in [6, 6.07) is 21.7. The average Bonchev–Trinajstić information content (AvgIpc) is 2.94. The summed E-state index contributed by atoms with van der Waals surface area (Å²) in [5, 5.41) is 8.25. The van der Waals surface area contributed by atoms with Gasteiger partial charge in [-0.25, -0.2) is 0 Å². The number of pyridine rings is 1. The molecule has 4 heteroatoms. The van der Waals surface area contributed by atoms with E-state index in [4.69, 9.17) is 5.41 Å². The fourth-order valence-corrected chi connectivity index (χ4v) is 3.69. The van der Waals surface area contributed by atoms with Crippen LogP contribution in [0.5, 0.6) is 0 Å². The monoisotopic (exact) mass is 341 g/mol. The van der Waals surface area contributed by atoms with Crippen LogP contribution in [0.4, 0.5) is 0 Å². The third kappa shape index (κ3) is 2.42. The van der Waals surface area contributed by atoms with Gasteiger partial charge in [-0.05, 0) is 34.4 Å². The van der Waals surface area contributed by atoms with E-state index < -0.39 is 5.41 Å². The first kappa shape index (κ1) is 16.2. The van der Waals surface area contributed by atoms with Gasteiger partial charge >= 0.3 is 0 Å². The number of carbonyl (C=O) groups excluding carboxylic acids is 1. The largest absolute Gasteiger partial charge is 0.303 e. The van der Waals surface area contributed by atoms with Crippen LogP contribution in [0.25, 0.3) is 11.1 Å². The lowest BCUT2D eigenvalue weighted by atomic mass is 9.72. The molecule has 1 atom stereocenters. The van der Waals surface area contributed by atoms with Crippen LogP contribution in [-0.2, 0) is 10.2 Å². The predicted molar refractivity (Wildman–Crippen MR) is 102 cm³/mol. The van der Waals surface area contributed by atoms with Gasteiger partial charge in [-0.15, -0.1) is 0 Å². The van der Waals surface area contributed by atoms with Gasteiger partial charge in [-0.2, -0.15) is 0 Å². The summed E-state index contributed by atoms with van der Waals surface area (Å²) >= 11 is 0. The molecule has 4 nitrogen and oxygen atoms in total. The third-order valence-corrected chi connectivity index (χ3v) is 5.12. The Morgan fingerprint density at radius 2 is 1.69 bits per heavy atom. The van der Waals surface area contributed by atoms with E-state index in [1.54, 1.807) is 13.2 Å². The fraction of sp³-hybridized carbons (Fsp3) is 0.136. The van der Waals surface area contributed by atoms with Crippen molar-refractivity contribution in [3.05, 3.63) is 90.3 Å². The molecule has 1 amide bonds. The molecule has 3 aromatic rings. The summed E-state index contributed by atoms with van der Waals surface area (Å²) < 4.78 is 0. The van der Waals surface area contributed by atoms with Crippen LogP contribution in [0.1, 0.15) is 17.5 Å². The van der Waals surface area contributed by atoms with Crippen molar-refractivity contribution >= 4 is 11.7 Å². The molecular formula is C22H19N3O. The van der Waals surface area contributed by atoms with E-state index in [2.05, 4.69) is 4.98 Å². The maximum absolute atomic E-state index is 13.3. The molecule has 0 saturated carbocycles. The first-order valence-electron chi connectivity index (χ1n) is 8.55. The third-order valence-electron chi connectivity index (χ3n) is 5.12. The number of hydrogen-bond donors (Lipinski definition) is 1. The lowest BCUT2D eigenvalue weighted by Crippen LogP contribution is -2.37. The van der Waals surface area contributed by atoms with Gasteiger partial charge in [0.05, 0.1) is 0 Å². The SMILES string of the molecule is CN1C(=N)CC(c2ccccc2)(c2cccc(-c3cccnc3)c2)C1=O. The first-order valence-corrected chi connectivity index (χ1v) is 8.55. The Balaban J connectivity index is 1.92. The van der Waals surface area contributed by atoms with E-state index in [0.717, 1.165) is 22.3 Å². The molecule has 1 saturated heterocycles. The van der Waals surface area contributed by atoms with Gasteiger partial charge in [0, 0.05) is 25.9 Å². The molecule has 1 fully saturated rings. The summed E-state index contributed by atoms with van der Waals surface area (Å²) in [6.45, 7) is 0. The van der Waals surface area contributed by atoms with Crippen molar-refractivity contribution in [1.29, 1.82) is 5.41 Å². The Kier molecular flexibility index (Phi) is 3.88. The molecule has 1 aliphatic rings. The number of amides is 1. The molecule has 4 rings (SSSR count). The van der Waals surface area contributed by atoms with Crippen LogP contribution >= 0.6 is 0 Å². The van der Waals surface area contributed by atoms with Crippen LogP contribution in [-0.4, -0.2) is 28.7 Å². The Morgan fingerprint density at radius 3 is 2.35 bits per heavy atom. The maximum atomic E-state index is 13.3. The number of hydrogen-bond acceptors (Lipinski definition) is 3. The summed E-state index contributed by atoms with van der Waals surface area (Å²) in [6.07, 6.45) is 3.93. The first-order chi connectivity index (χ1) is 12.6. The molecule has 26 heavy (non-hydrogen) atoms. The smallest absolute Gasteiger partial charge is 0.243 e. The number of nitrogens with zero attached hydrogens (tertiary/aromatic N) is 2. The molecule has 1 aliphatic heterocycles. The molecule has 1 aromatic heterocycles. The normalized spacial score (nSPS) is 19.8. The standard InChI is InChI=1S/C22H19N3O/c1-25-20(23)14-22(21(25)26,18-9-3-2-4-10-18)19-11-5-7-16(13-19)17-8-6-12-24-15-17/h2-13,15,23H,14H2,1H3. The number of likely N-dealkylation sites (tertiary alicyclic amines) is 1. The zero-order chi connectivity index (χ0) is 18.1. The molecule has 1 N–H and O–H groups in total. The second kappa shape index (κ2) is 6.23. The molecule has 2 heterocycles. The van der Waals surface area contributed by atoms with Gasteiger partial charge in [-0.3, -0.25) is 15.2 Å². The number of aromatic nitrogens is 1. The highest BCUT2D eigenvalue weighted by atomic mass is 16.2. The lowest BCUT2D eigenvalue weighted by Gasteiger charge is -2.28. The molecule has 0 bridgehead atoms. The van der Waals surface area contributed by atoms with Gasteiger partial charge in [0.2, 0.25) is 5.91 Å². The van der Waals surface area contributed by atoms with Crippen molar-refractivity contribution in [2.24, 2.45) is 0 Å². The summed E-state index contributed by atoms with van der Waals surface area (Å²) in [5.41, 5.74) is 2.99. The minimum Gasteiger partial charge on any atom is -0.303 e. The van der Waals surface area contributed by atoms with Crippen LogP contribution in [0, 0.1) is 5.41 Å². The van der Waals surface area contributed by atoms with Crippen LogP contribution in [0.2, 0.25) is 0 Å². The van der Waals surface area contributed by atoms with Crippen molar-refractivity contribution in [3.8, 4) is 11.1 Å². The molecular weight excluding hydrogens is 322 g/mol. The molecule has 0 spiro atoms. The molecule has 0 aliphatic carbocycles. The topological polar surface area (TPSA) is 57.1 Å². The average molecular weight is 341 g/mol. The highest BCUT2D eigenvalue weighted by Gasteiger charge is 2.50. The van der Waals surface area contributed by atoms with Crippen LogP contribution in [0.3, 0.4) is 0 Å². The van der Waals surface area contributed by atoms with Gasteiger partial charge < -0.3 is 4.90 Å². The molecule has 1 unspecified atom stereocenters. The van der Waals surface area contributed by atoms with E-state index in [9.17, 15) is 4.79 Å². The summed E-state index contributed by atoms with van der Waals surface area (Å²) in [4.78, 5) is 18.9. The van der Waals surface area contributed by atoms with Crippen LogP contribution in [0.15, 0.2) is 79.1 Å². The Bertz CT molecular complexity index is 969. The zero-order valence-corrected chi connectivity index (χ0v) is 14.5. The Morgan fingerprint density at radius 1 is 0.962 bits per heavy atom. The number of carbonyl (C=O) groups is 1. The fourth-order valence-electron chi connectivity index (χ4n) is 3.69. The second-order valence-corrected chi connectivity index (χ2v) is 6.58. The number of amidine groups is 1. The minimum absolute atomic E-state index is 0.0583. The highest BCUT2D eigenvalue weighted by molar-refractivity contribution is 6.11. The second-order valence-electron chi connectivity index (χ2n) is 6.58. The van der Waals surface area contributed by atoms with Crippen molar-refractivity contribution in [1.82, 2.24) is 9.88 Å². The van der Waals surface area contributed by atoms with Gasteiger partial charge in [0.25, 0.3) is 0 Å². The zero-order valence-electron chi connectivity index (χ0n) is 14.5. The Hall–Kier alpha value is -3.27. The van der Waals surface area contributed by atoms with Gasteiger partial charge in [-0.1, -0.05) is 54.6 Å². The summed E-state index contributed by atoms with van der Waals surface area (Å²) in [5.74, 6) is 0.280. The van der Waals surface area contributed by atoms with Gasteiger partial charge in [0.1, 0.15) is 11.3 Å². The van der Waals surface area contributed by atoms with Crippen molar-refractivity contribution in [3.63, 3.8) is 0 Å². The van der Waals surface area contributed by atoms with E-state index in [-0.39, 0.29) is 5.91 Å². The number of likely N-dealkylation sites (N-methyl/N-ethyl adjacent to an activating group) is 1. The minimum atomic E-state index is -0.856. The molecule has 2 aromatic carbocycles.